The van der Waals surface area contributed by atoms with Gasteiger partial charge in [-0.2, -0.15) is 0 Å². The first-order valence-electron chi connectivity index (χ1n) is 6.62. The van der Waals surface area contributed by atoms with Crippen LogP contribution in [-0.2, 0) is 0 Å². The van der Waals surface area contributed by atoms with E-state index >= 15 is 0 Å². The Kier molecular flexibility index (Phi) is 3.27. The highest BCUT2D eigenvalue weighted by molar-refractivity contribution is 9.10. The predicted molar refractivity (Wildman–Crippen MR) is 76.8 cm³/mol. The smallest absolute Gasteiger partial charge is 0.255 e. The van der Waals surface area contributed by atoms with Gasteiger partial charge in [0.15, 0.2) is 0 Å². The number of benzene rings is 1. The number of aliphatic hydroxyl groups is 1. The Labute approximate surface area is 120 Å². The second-order valence-corrected chi connectivity index (χ2v) is 6.22. The molecule has 2 fully saturated rings. The molecule has 2 bridgehead atoms. The van der Waals surface area contributed by atoms with Gasteiger partial charge in [-0.05, 0) is 53.7 Å². The molecule has 2 unspecified atom stereocenters. The van der Waals surface area contributed by atoms with Gasteiger partial charge in [-0.15, -0.1) is 0 Å². The van der Waals surface area contributed by atoms with Gasteiger partial charge in [-0.1, -0.05) is 6.07 Å². The third kappa shape index (κ3) is 2.15. The molecule has 0 spiro atoms. The number of amides is 1. The van der Waals surface area contributed by atoms with Crippen molar-refractivity contribution < 1.29 is 9.90 Å². The van der Waals surface area contributed by atoms with E-state index in [0.29, 0.717) is 28.6 Å². The Morgan fingerprint density at radius 2 is 1.95 bits per heavy atom. The Morgan fingerprint density at radius 3 is 2.58 bits per heavy atom. The number of piperidine rings is 1. The molecule has 1 aromatic rings. The fourth-order valence-corrected chi connectivity index (χ4v) is 3.77. The molecular formula is C14H17BrN2O2. The number of carbonyl (C=O) groups is 1. The summed E-state index contributed by atoms with van der Waals surface area (Å²) in [6, 6.07) is 5.72. The van der Waals surface area contributed by atoms with E-state index in [4.69, 9.17) is 5.73 Å². The summed E-state index contributed by atoms with van der Waals surface area (Å²) in [5.41, 5.74) is 7.04. The molecule has 1 amide bonds. The molecule has 0 aromatic heterocycles. The number of halogens is 1. The molecular weight excluding hydrogens is 308 g/mol. The van der Waals surface area contributed by atoms with Crippen molar-refractivity contribution in [2.75, 3.05) is 5.73 Å². The van der Waals surface area contributed by atoms with Gasteiger partial charge in [0.2, 0.25) is 0 Å². The molecule has 0 aliphatic carbocycles. The van der Waals surface area contributed by atoms with E-state index < -0.39 is 0 Å². The van der Waals surface area contributed by atoms with Crippen molar-refractivity contribution in [1.29, 1.82) is 0 Å². The first-order chi connectivity index (χ1) is 9.08. The lowest BCUT2D eigenvalue weighted by atomic mass is 9.98. The number of nitrogens with two attached hydrogens (primary N) is 1. The van der Waals surface area contributed by atoms with Gasteiger partial charge in [0.1, 0.15) is 0 Å². The SMILES string of the molecule is Nc1cccc(C(=O)N2C3CCC2CC(O)C3)c1Br. The standard InChI is InChI=1S/C14H17BrN2O2/c15-13-11(2-1-3-12(13)16)14(19)17-8-4-5-9(17)7-10(18)6-8/h1-3,8-10,18H,4-7,16H2. The zero-order valence-corrected chi connectivity index (χ0v) is 12.1. The van der Waals surface area contributed by atoms with E-state index in [1.807, 2.05) is 4.90 Å². The van der Waals surface area contributed by atoms with Crippen LogP contribution in [0.4, 0.5) is 5.69 Å². The van der Waals surface area contributed by atoms with Gasteiger partial charge < -0.3 is 15.7 Å². The first kappa shape index (κ1) is 12.9. The second kappa shape index (κ2) is 4.80. The summed E-state index contributed by atoms with van der Waals surface area (Å²) in [6.07, 6.45) is 3.12. The highest BCUT2D eigenvalue weighted by atomic mass is 79.9. The summed E-state index contributed by atoms with van der Waals surface area (Å²) < 4.78 is 0.672. The number of aliphatic hydroxyl groups excluding tert-OH is 1. The lowest BCUT2D eigenvalue weighted by Crippen LogP contribution is -2.48. The maximum absolute atomic E-state index is 12.7. The number of fused-ring (bicyclic) bond motifs is 2. The summed E-state index contributed by atoms with van der Waals surface area (Å²) in [4.78, 5) is 14.6. The van der Waals surface area contributed by atoms with Gasteiger partial charge in [-0.3, -0.25) is 4.79 Å². The van der Waals surface area contributed by atoms with Crippen LogP contribution in [0.5, 0.6) is 0 Å². The van der Waals surface area contributed by atoms with E-state index in [-0.39, 0.29) is 24.1 Å². The lowest BCUT2D eigenvalue weighted by molar-refractivity contribution is 0.0286. The zero-order valence-electron chi connectivity index (χ0n) is 10.6. The Balaban J connectivity index is 1.91. The quantitative estimate of drug-likeness (QED) is 0.778. The van der Waals surface area contributed by atoms with Crippen molar-refractivity contribution in [3.63, 3.8) is 0 Å². The van der Waals surface area contributed by atoms with Crippen molar-refractivity contribution in [1.82, 2.24) is 4.90 Å². The van der Waals surface area contributed by atoms with Gasteiger partial charge in [-0.25, -0.2) is 0 Å². The average Bonchev–Trinajstić information content (AvgIpc) is 2.64. The van der Waals surface area contributed by atoms with Crippen molar-refractivity contribution in [2.45, 2.75) is 43.9 Å². The third-order valence-electron chi connectivity index (χ3n) is 4.20. The Morgan fingerprint density at radius 1 is 1.32 bits per heavy atom. The third-order valence-corrected chi connectivity index (χ3v) is 5.09. The molecule has 2 aliphatic heterocycles. The largest absolute Gasteiger partial charge is 0.398 e. The van der Waals surface area contributed by atoms with E-state index in [2.05, 4.69) is 15.9 Å². The van der Waals surface area contributed by atoms with Crippen molar-refractivity contribution >= 4 is 27.5 Å². The van der Waals surface area contributed by atoms with E-state index in [9.17, 15) is 9.90 Å². The summed E-state index contributed by atoms with van der Waals surface area (Å²) >= 11 is 3.40. The van der Waals surface area contributed by atoms with Crippen LogP contribution >= 0.6 is 15.9 Å². The number of nitrogens with zero attached hydrogens (tertiary/aromatic N) is 1. The van der Waals surface area contributed by atoms with Crippen LogP contribution in [-0.4, -0.2) is 34.1 Å². The normalized spacial score (nSPS) is 29.6. The molecule has 3 N–H and O–H groups in total. The minimum Gasteiger partial charge on any atom is -0.398 e. The molecule has 102 valence electrons. The molecule has 1 aromatic carbocycles. The summed E-state index contributed by atoms with van der Waals surface area (Å²) in [5, 5.41) is 9.79. The van der Waals surface area contributed by atoms with Crippen LogP contribution in [0.2, 0.25) is 0 Å². The minimum absolute atomic E-state index is 0.0265. The monoisotopic (exact) mass is 324 g/mol. The van der Waals surface area contributed by atoms with Gasteiger partial charge in [0, 0.05) is 17.8 Å². The van der Waals surface area contributed by atoms with Crippen molar-refractivity contribution in [3.05, 3.63) is 28.2 Å². The van der Waals surface area contributed by atoms with E-state index in [0.717, 1.165) is 12.8 Å². The fourth-order valence-electron chi connectivity index (χ4n) is 3.33. The van der Waals surface area contributed by atoms with Gasteiger partial charge in [0.25, 0.3) is 5.91 Å². The number of nitrogen functional groups attached to an aromatic ring is 1. The first-order valence-corrected chi connectivity index (χ1v) is 7.42. The maximum Gasteiger partial charge on any atom is 0.255 e. The van der Waals surface area contributed by atoms with Crippen LogP contribution in [0.15, 0.2) is 22.7 Å². The molecule has 0 radical (unpaired) electrons. The van der Waals surface area contributed by atoms with Crippen LogP contribution in [0, 0.1) is 0 Å². The van der Waals surface area contributed by atoms with E-state index in [1.165, 1.54) is 0 Å². The van der Waals surface area contributed by atoms with Gasteiger partial charge in [0.05, 0.1) is 16.1 Å². The molecule has 2 heterocycles. The molecule has 0 saturated carbocycles. The number of anilines is 1. The highest BCUT2D eigenvalue weighted by Crippen LogP contribution is 2.38. The molecule has 5 heteroatoms. The molecule has 2 saturated heterocycles. The molecule has 4 nitrogen and oxygen atoms in total. The number of hydrogen-bond acceptors (Lipinski definition) is 3. The van der Waals surface area contributed by atoms with Crippen molar-refractivity contribution in [3.8, 4) is 0 Å². The fraction of sp³-hybridized carbons (Fsp3) is 0.500. The maximum atomic E-state index is 12.7. The molecule has 2 aliphatic rings. The zero-order chi connectivity index (χ0) is 13.6. The minimum atomic E-state index is -0.258. The summed E-state index contributed by atoms with van der Waals surface area (Å²) in [6.45, 7) is 0. The van der Waals surface area contributed by atoms with Gasteiger partial charge >= 0.3 is 0 Å². The second-order valence-electron chi connectivity index (χ2n) is 5.43. The Bertz CT molecular complexity index is 506. The summed E-state index contributed by atoms with van der Waals surface area (Å²) in [7, 11) is 0. The number of rotatable bonds is 1. The average molecular weight is 325 g/mol. The Hall–Kier alpha value is -1.07. The van der Waals surface area contributed by atoms with Crippen LogP contribution < -0.4 is 5.73 Å². The number of carbonyl (C=O) groups excluding carboxylic acids is 1. The van der Waals surface area contributed by atoms with Crippen LogP contribution in [0.3, 0.4) is 0 Å². The molecule has 3 rings (SSSR count). The summed E-state index contributed by atoms with van der Waals surface area (Å²) in [5.74, 6) is 0.0265. The topological polar surface area (TPSA) is 66.6 Å². The van der Waals surface area contributed by atoms with E-state index in [1.54, 1.807) is 18.2 Å². The van der Waals surface area contributed by atoms with Crippen molar-refractivity contribution in [2.24, 2.45) is 0 Å². The number of hydrogen-bond donors (Lipinski definition) is 2. The predicted octanol–water partition coefficient (Wildman–Crippen LogP) is 2.16. The van der Waals surface area contributed by atoms with Crippen LogP contribution in [0.25, 0.3) is 0 Å². The van der Waals surface area contributed by atoms with Crippen LogP contribution in [0.1, 0.15) is 36.0 Å². The lowest BCUT2D eigenvalue weighted by Gasteiger charge is -2.37. The molecule has 19 heavy (non-hydrogen) atoms. The highest BCUT2D eigenvalue weighted by Gasteiger charge is 2.43. The molecule has 2 atom stereocenters.